The minimum Gasteiger partial charge on any atom is -0.468 e. The van der Waals surface area contributed by atoms with Gasteiger partial charge in [-0.05, 0) is 32.2 Å². The van der Waals surface area contributed by atoms with Crippen molar-refractivity contribution in [2.45, 2.75) is 25.9 Å². The zero-order chi connectivity index (χ0) is 13.9. The average Bonchev–Trinajstić information content (AvgIpc) is 3.13. The van der Waals surface area contributed by atoms with Crippen molar-refractivity contribution in [3.8, 4) is 0 Å². The molecule has 2 heterocycles. The predicted octanol–water partition coefficient (Wildman–Crippen LogP) is 3.15. The third-order valence-corrected chi connectivity index (χ3v) is 3.67. The van der Waals surface area contributed by atoms with E-state index in [-0.39, 0.29) is 6.04 Å². The van der Waals surface area contributed by atoms with Crippen molar-refractivity contribution < 1.29 is 4.42 Å². The molecular formula is C16H19N3O. The Morgan fingerprint density at radius 3 is 2.80 bits per heavy atom. The molecule has 0 aliphatic carbocycles. The first-order chi connectivity index (χ1) is 9.83. The van der Waals surface area contributed by atoms with Gasteiger partial charge in [0.1, 0.15) is 5.76 Å². The summed E-state index contributed by atoms with van der Waals surface area (Å²) in [7, 11) is 1.95. The lowest BCUT2D eigenvalue weighted by Crippen LogP contribution is -2.18. The number of para-hydroxylation sites is 1. The second kappa shape index (κ2) is 5.51. The molecule has 20 heavy (non-hydrogen) atoms. The molecule has 0 spiro atoms. The number of likely N-dealkylation sites (N-methyl/N-ethyl adjacent to an activating group) is 1. The van der Waals surface area contributed by atoms with E-state index in [0.29, 0.717) is 0 Å². The van der Waals surface area contributed by atoms with Crippen LogP contribution in [0, 0.1) is 0 Å². The van der Waals surface area contributed by atoms with Crippen LogP contribution < -0.4 is 5.32 Å². The number of hydrogen-bond donors (Lipinski definition) is 1. The second-order valence-electron chi connectivity index (χ2n) is 4.84. The lowest BCUT2D eigenvalue weighted by atomic mass is 10.1. The Morgan fingerprint density at radius 2 is 2.10 bits per heavy atom. The van der Waals surface area contributed by atoms with E-state index in [1.54, 1.807) is 6.26 Å². The van der Waals surface area contributed by atoms with Gasteiger partial charge in [-0.15, -0.1) is 0 Å². The Kier molecular flexibility index (Phi) is 3.56. The van der Waals surface area contributed by atoms with Crippen molar-refractivity contribution >= 4 is 10.9 Å². The number of benzene rings is 1. The summed E-state index contributed by atoms with van der Waals surface area (Å²) in [6.07, 6.45) is 2.53. The van der Waals surface area contributed by atoms with Crippen LogP contribution in [-0.2, 0) is 13.0 Å². The van der Waals surface area contributed by atoms with Crippen LogP contribution in [0.4, 0.5) is 0 Å². The molecule has 0 fully saturated rings. The molecule has 4 nitrogen and oxygen atoms in total. The van der Waals surface area contributed by atoms with Crippen LogP contribution in [0.15, 0.2) is 47.1 Å². The zero-order valence-electron chi connectivity index (χ0n) is 11.8. The molecule has 104 valence electrons. The standard InChI is InChI=1S/C16H19N3O/c1-3-19-15-8-5-4-7-12(15)13(18-19)11-14(17-2)16-9-6-10-20-16/h4-10,14,17H,3,11H2,1-2H3. The molecular weight excluding hydrogens is 250 g/mol. The van der Waals surface area contributed by atoms with E-state index in [1.807, 2.05) is 19.2 Å². The smallest absolute Gasteiger partial charge is 0.121 e. The van der Waals surface area contributed by atoms with Crippen LogP contribution >= 0.6 is 0 Å². The van der Waals surface area contributed by atoms with Crippen LogP contribution in [0.1, 0.15) is 24.4 Å². The van der Waals surface area contributed by atoms with Crippen LogP contribution in [0.2, 0.25) is 0 Å². The molecule has 3 rings (SSSR count). The molecule has 0 aliphatic rings. The first-order valence-electron chi connectivity index (χ1n) is 6.98. The Morgan fingerprint density at radius 1 is 1.25 bits per heavy atom. The normalized spacial score (nSPS) is 12.9. The van der Waals surface area contributed by atoms with Crippen molar-refractivity contribution in [1.29, 1.82) is 0 Å². The maximum Gasteiger partial charge on any atom is 0.121 e. The van der Waals surface area contributed by atoms with E-state index in [1.165, 1.54) is 10.9 Å². The summed E-state index contributed by atoms with van der Waals surface area (Å²) in [6, 6.07) is 12.4. The van der Waals surface area contributed by atoms with E-state index in [0.717, 1.165) is 24.4 Å². The number of aryl methyl sites for hydroxylation is 1. The number of hydrogen-bond acceptors (Lipinski definition) is 3. The summed E-state index contributed by atoms with van der Waals surface area (Å²) in [5.41, 5.74) is 2.30. The first kappa shape index (κ1) is 12.9. The Bertz CT molecular complexity index is 685. The van der Waals surface area contributed by atoms with Gasteiger partial charge in [-0.3, -0.25) is 4.68 Å². The quantitative estimate of drug-likeness (QED) is 0.773. The monoisotopic (exact) mass is 269 g/mol. The molecule has 0 aliphatic heterocycles. The van der Waals surface area contributed by atoms with Gasteiger partial charge < -0.3 is 9.73 Å². The van der Waals surface area contributed by atoms with Crippen molar-refractivity contribution in [3.05, 3.63) is 54.1 Å². The van der Waals surface area contributed by atoms with Gasteiger partial charge >= 0.3 is 0 Å². The number of nitrogens with zero attached hydrogens (tertiary/aromatic N) is 2. The fraction of sp³-hybridized carbons (Fsp3) is 0.312. The van der Waals surface area contributed by atoms with Gasteiger partial charge in [-0.25, -0.2) is 0 Å². The first-order valence-corrected chi connectivity index (χ1v) is 6.98. The summed E-state index contributed by atoms with van der Waals surface area (Å²) in [6.45, 7) is 3.00. The van der Waals surface area contributed by atoms with E-state index >= 15 is 0 Å². The summed E-state index contributed by atoms with van der Waals surface area (Å²) >= 11 is 0. The summed E-state index contributed by atoms with van der Waals surface area (Å²) in [4.78, 5) is 0. The van der Waals surface area contributed by atoms with Gasteiger partial charge in [0.25, 0.3) is 0 Å². The molecule has 0 radical (unpaired) electrons. The summed E-state index contributed by atoms with van der Waals surface area (Å²) in [5.74, 6) is 0.947. The number of furan rings is 1. The van der Waals surface area contributed by atoms with Gasteiger partial charge in [-0.2, -0.15) is 5.10 Å². The van der Waals surface area contributed by atoms with Gasteiger partial charge in [0, 0.05) is 18.4 Å². The minimum absolute atomic E-state index is 0.147. The molecule has 0 amide bonds. The van der Waals surface area contributed by atoms with Gasteiger partial charge in [0.15, 0.2) is 0 Å². The fourth-order valence-corrected chi connectivity index (χ4v) is 2.62. The minimum atomic E-state index is 0.147. The molecule has 1 atom stereocenters. The maximum absolute atomic E-state index is 5.51. The van der Waals surface area contributed by atoms with Crippen molar-refractivity contribution in [2.24, 2.45) is 0 Å². The third-order valence-electron chi connectivity index (χ3n) is 3.67. The van der Waals surface area contributed by atoms with E-state index in [2.05, 4.69) is 41.2 Å². The molecule has 0 saturated heterocycles. The topological polar surface area (TPSA) is 43.0 Å². The SMILES string of the molecule is CCn1nc(CC(NC)c2ccco2)c2ccccc21. The molecule has 0 bridgehead atoms. The molecule has 1 unspecified atom stereocenters. The van der Waals surface area contributed by atoms with Gasteiger partial charge in [0.2, 0.25) is 0 Å². The van der Waals surface area contributed by atoms with E-state index in [9.17, 15) is 0 Å². The lowest BCUT2D eigenvalue weighted by Gasteiger charge is -2.12. The van der Waals surface area contributed by atoms with Crippen molar-refractivity contribution in [3.63, 3.8) is 0 Å². The van der Waals surface area contributed by atoms with Gasteiger partial charge in [0.05, 0.1) is 23.5 Å². The van der Waals surface area contributed by atoms with Crippen LogP contribution in [0.25, 0.3) is 10.9 Å². The molecule has 4 heteroatoms. The van der Waals surface area contributed by atoms with Crippen molar-refractivity contribution in [2.75, 3.05) is 7.05 Å². The summed E-state index contributed by atoms with van der Waals surface area (Å²) in [5, 5.41) is 9.27. The number of fused-ring (bicyclic) bond motifs is 1. The second-order valence-corrected chi connectivity index (χ2v) is 4.84. The van der Waals surface area contributed by atoms with Crippen LogP contribution in [0.5, 0.6) is 0 Å². The van der Waals surface area contributed by atoms with E-state index < -0.39 is 0 Å². The molecule has 3 aromatic rings. The highest BCUT2D eigenvalue weighted by Crippen LogP contribution is 2.24. The number of aromatic nitrogens is 2. The van der Waals surface area contributed by atoms with Crippen molar-refractivity contribution in [1.82, 2.24) is 15.1 Å². The molecule has 1 N–H and O–H groups in total. The highest BCUT2D eigenvalue weighted by Gasteiger charge is 2.17. The van der Waals surface area contributed by atoms with Crippen LogP contribution in [0.3, 0.4) is 0 Å². The predicted molar refractivity (Wildman–Crippen MR) is 79.6 cm³/mol. The lowest BCUT2D eigenvalue weighted by molar-refractivity contribution is 0.426. The van der Waals surface area contributed by atoms with Crippen LogP contribution in [-0.4, -0.2) is 16.8 Å². The number of nitrogens with one attached hydrogen (secondary N) is 1. The average molecular weight is 269 g/mol. The zero-order valence-corrected chi connectivity index (χ0v) is 11.8. The largest absolute Gasteiger partial charge is 0.468 e. The maximum atomic E-state index is 5.51. The highest BCUT2D eigenvalue weighted by molar-refractivity contribution is 5.82. The molecule has 1 aromatic carbocycles. The fourth-order valence-electron chi connectivity index (χ4n) is 2.62. The Balaban J connectivity index is 1.98. The van der Waals surface area contributed by atoms with Gasteiger partial charge in [-0.1, -0.05) is 18.2 Å². The molecule has 0 saturated carbocycles. The third kappa shape index (κ3) is 2.23. The Hall–Kier alpha value is -2.07. The summed E-state index contributed by atoms with van der Waals surface area (Å²) < 4.78 is 7.56. The van der Waals surface area contributed by atoms with E-state index in [4.69, 9.17) is 9.52 Å². The Labute approximate surface area is 118 Å². The number of rotatable bonds is 5. The highest BCUT2D eigenvalue weighted by atomic mass is 16.3. The molecule has 2 aromatic heterocycles.